The van der Waals surface area contributed by atoms with Crippen molar-refractivity contribution in [2.24, 2.45) is 29.6 Å². The van der Waals surface area contributed by atoms with Crippen molar-refractivity contribution in [3.8, 4) is 0 Å². The average Bonchev–Trinajstić information content (AvgIpc) is 2.37. The zero-order valence-corrected chi connectivity index (χ0v) is 12.9. The smallest absolute Gasteiger partial charge is 0.0121 e. The second-order valence-electron chi connectivity index (χ2n) is 7.36. The molecule has 0 spiro atoms. The molecule has 2 aliphatic rings. The van der Waals surface area contributed by atoms with E-state index in [9.17, 15) is 0 Å². The molecule has 0 amide bonds. The van der Waals surface area contributed by atoms with E-state index in [4.69, 9.17) is 0 Å². The topological polar surface area (TPSA) is 12.0 Å². The fraction of sp³-hybridized carbons (Fsp3) is 1.00. The Balaban J connectivity index is 1.92. The minimum Gasteiger partial charge on any atom is -0.316 e. The molecule has 4 unspecified atom stereocenters. The molecular formula is C17H33N. The summed E-state index contributed by atoms with van der Waals surface area (Å²) >= 11 is 0. The molecule has 0 aromatic rings. The number of nitrogens with one attached hydrogen (secondary N) is 1. The molecule has 0 heterocycles. The second-order valence-corrected chi connectivity index (χ2v) is 7.36. The lowest BCUT2D eigenvalue weighted by molar-refractivity contribution is 0.121. The van der Waals surface area contributed by atoms with Gasteiger partial charge in [0.1, 0.15) is 0 Å². The van der Waals surface area contributed by atoms with Crippen molar-refractivity contribution in [1.82, 2.24) is 5.32 Å². The van der Waals surface area contributed by atoms with Crippen LogP contribution in [-0.4, -0.2) is 13.1 Å². The van der Waals surface area contributed by atoms with E-state index in [1.54, 1.807) is 0 Å². The highest BCUT2D eigenvalue weighted by Crippen LogP contribution is 2.40. The average molecular weight is 251 g/mol. The summed E-state index contributed by atoms with van der Waals surface area (Å²) in [6.07, 6.45) is 10.2. The zero-order valence-electron chi connectivity index (χ0n) is 12.9. The molecule has 2 fully saturated rings. The van der Waals surface area contributed by atoms with E-state index in [-0.39, 0.29) is 0 Å². The van der Waals surface area contributed by atoms with Gasteiger partial charge in [-0.05, 0) is 62.3 Å². The highest BCUT2D eigenvalue weighted by atomic mass is 14.9. The van der Waals surface area contributed by atoms with Crippen LogP contribution in [-0.2, 0) is 0 Å². The molecule has 0 radical (unpaired) electrons. The highest BCUT2D eigenvalue weighted by Gasteiger charge is 2.34. The van der Waals surface area contributed by atoms with Crippen LogP contribution in [0, 0.1) is 29.6 Å². The molecule has 106 valence electrons. The number of hydrogen-bond donors (Lipinski definition) is 1. The van der Waals surface area contributed by atoms with Crippen LogP contribution in [0.25, 0.3) is 0 Å². The Hall–Kier alpha value is -0.0400. The van der Waals surface area contributed by atoms with Gasteiger partial charge in [0.05, 0.1) is 0 Å². The van der Waals surface area contributed by atoms with Crippen LogP contribution in [0.3, 0.4) is 0 Å². The van der Waals surface area contributed by atoms with Gasteiger partial charge in [-0.15, -0.1) is 0 Å². The van der Waals surface area contributed by atoms with Crippen molar-refractivity contribution in [3.63, 3.8) is 0 Å². The summed E-state index contributed by atoms with van der Waals surface area (Å²) in [7, 11) is 2.20. The van der Waals surface area contributed by atoms with Crippen molar-refractivity contribution < 1.29 is 0 Å². The van der Waals surface area contributed by atoms with E-state index in [1.165, 1.54) is 44.9 Å². The van der Waals surface area contributed by atoms with Crippen molar-refractivity contribution >= 4 is 0 Å². The maximum atomic E-state index is 3.69. The standard InChI is InChI=1S/C17H33N/c1-12-5-8-15(9-6-12)17(18-4)16-10-7-13(2)14(3)11-16/h12-18H,5-11H2,1-4H3. The van der Waals surface area contributed by atoms with Crippen LogP contribution in [0.15, 0.2) is 0 Å². The molecule has 0 aliphatic heterocycles. The lowest BCUT2D eigenvalue weighted by Crippen LogP contribution is -2.44. The van der Waals surface area contributed by atoms with E-state index >= 15 is 0 Å². The van der Waals surface area contributed by atoms with Crippen LogP contribution in [0.5, 0.6) is 0 Å². The fourth-order valence-corrected chi connectivity index (χ4v) is 4.42. The molecule has 1 heteroatoms. The van der Waals surface area contributed by atoms with Gasteiger partial charge in [0.25, 0.3) is 0 Å². The van der Waals surface area contributed by atoms with E-state index in [0.29, 0.717) is 0 Å². The quantitative estimate of drug-likeness (QED) is 0.780. The van der Waals surface area contributed by atoms with Crippen molar-refractivity contribution in [2.45, 2.75) is 71.8 Å². The SMILES string of the molecule is CNC(C1CCC(C)CC1)C1CCC(C)C(C)C1. The monoisotopic (exact) mass is 251 g/mol. The molecule has 1 nitrogen and oxygen atoms in total. The normalized spacial score (nSPS) is 43.7. The first kappa shape index (κ1) is 14.4. The molecule has 0 aromatic heterocycles. The maximum absolute atomic E-state index is 3.69. The summed E-state index contributed by atoms with van der Waals surface area (Å²) in [4.78, 5) is 0. The third kappa shape index (κ3) is 3.29. The summed E-state index contributed by atoms with van der Waals surface area (Å²) in [6, 6.07) is 0.799. The predicted molar refractivity (Wildman–Crippen MR) is 79.6 cm³/mol. The molecule has 1 N–H and O–H groups in total. The lowest BCUT2D eigenvalue weighted by Gasteiger charge is -2.42. The Bertz CT molecular complexity index is 242. The summed E-state index contributed by atoms with van der Waals surface area (Å²) in [5.41, 5.74) is 0. The largest absolute Gasteiger partial charge is 0.316 e. The van der Waals surface area contributed by atoms with Gasteiger partial charge in [-0.3, -0.25) is 0 Å². The van der Waals surface area contributed by atoms with Gasteiger partial charge < -0.3 is 5.32 Å². The molecule has 2 saturated carbocycles. The summed E-state index contributed by atoms with van der Waals surface area (Å²) < 4.78 is 0. The molecule has 2 aliphatic carbocycles. The summed E-state index contributed by atoms with van der Waals surface area (Å²) in [5, 5.41) is 3.69. The van der Waals surface area contributed by atoms with Gasteiger partial charge in [0, 0.05) is 6.04 Å². The Kier molecular flexibility index (Phi) is 5.12. The molecule has 0 saturated heterocycles. The van der Waals surface area contributed by atoms with E-state index in [2.05, 4.69) is 33.1 Å². The Morgan fingerprint density at radius 1 is 0.778 bits per heavy atom. The van der Waals surface area contributed by atoms with Gasteiger partial charge in [0.15, 0.2) is 0 Å². The highest BCUT2D eigenvalue weighted by molar-refractivity contribution is 4.89. The van der Waals surface area contributed by atoms with E-state index in [1.807, 2.05) is 0 Å². The third-order valence-corrected chi connectivity index (χ3v) is 6.05. The zero-order chi connectivity index (χ0) is 13.1. The van der Waals surface area contributed by atoms with Gasteiger partial charge in [0.2, 0.25) is 0 Å². The van der Waals surface area contributed by atoms with E-state index in [0.717, 1.165) is 35.6 Å². The Labute approximate surface area is 114 Å². The molecular weight excluding hydrogens is 218 g/mol. The van der Waals surface area contributed by atoms with Crippen molar-refractivity contribution in [2.75, 3.05) is 7.05 Å². The lowest BCUT2D eigenvalue weighted by atomic mass is 9.68. The third-order valence-electron chi connectivity index (χ3n) is 6.05. The van der Waals surface area contributed by atoms with Crippen LogP contribution >= 0.6 is 0 Å². The Morgan fingerprint density at radius 2 is 1.39 bits per heavy atom. The minimum atomic E-state index is 0.799. The predicted octanol–water partition coefficient (Wildman–Crippen LogP) is 4.47. The maximum Gasteiger partial charge on any atom is 0.0121 e. The van der Waals surface area contributed by atoms with Gasteiger partial charge in [-0.25, -0.2) is 0 Å². The minimum absolute atomic E-state index is 0.799. The van der Waals surface area contributed by atoms with Crippen molar-refractivity contribution in [3.05, 3.63) is 0 Å². The molecule has 18 heavy (non-hydrogen) atoms. The van der Waals surface area contributed by atoms with Crippen LogP contribution < -0.4 is 5.32 Å². The van der Waals surface area contributed by atoms with Crippen molar-refractivity contribution in [1.29, 1.82) is 0 Å². The van der Waals surface area contributed by atoms with Crippen LogP contribution in [0.2, 0.25) is 0 Å². The first-order valence-electron chi connectivity index (χ1n) is 8.29. The molecule has 2 rings (SSSR count). The number of hydrogen-bond acceptors (Lipinski definition) is 1. The van der Waals surface area contributed by atoms with Crippen LogP contribution in [0.4, 0.5) is 0 Å². The van der Waals surface area contributed by atoms with Gasteiger partial charge >= 0.3 is 0 Å². The second kappa shape index (κ2) is 6.41. The first-order valence-corrected chi connectivity index (χ1v) is 8.29. The Morgan fingerprint density at radius 3 is 1.94 bits per heavy atom. The fourth-order valence-electron chi connectivity index (χ4n) is 4.42. The molecule has 0 aromatic carbocycles. The molecule has 4 atom stereocenters. The van der Waals surface area contributed by atoms with Gasteiger partial charge in [-0.2, -0.15) is 0 Å². The first-order chi connectivity index (χ1) is 8.61. The van der Waals surface area contributed by atoms with E-state index < -0.39 is 0 Å². The van der Waals surface area contributed by atoms with Crippen LogP contribution in [0.1, 0.15) is 65.7 Å². The number of rotatable bonds is 3. The van der Waals surface area contributed by atoms with Gasteiger partial charge in [-0.1, -0.05) is 40.0 Å². The molecule has 0 bridgehead atoms. The summed E-state index contributed by atoms with van der Waals surface area (Å²) in [5.74, 6) is 4.76. The summed E-state index contributed by atoms with van der Waals surface area (Å²) in [6.45, 7) is 7.33.